The summed E-state index contributed by atoms with van der Waals surface area (Å²) in [7, 11) is 0. The van der Waals surface area contributed by atoms with E-state index in [0.29, 0.717) is 0 Å². The van der Waals surface area contributed by atoms with Crippen LogP contribution in [0.5, 0.6) is 0 Å². The van der Waals surface area contributed by atoms with Crippen LogP contribution in [-0.2, 0) is 4.79 Å². The smallest absolute Gasteiger partial charge is 0.239 e. The van der Waals surface area contributed by atoms with Crippen molar-refractivity contribution in [3.63, 3.8) is 0 Å². The molecule has 2 fully saturated rings. The summed E-state index contributed by atoms with van der Waals surface area (Å²) < 4.78 is 0. The molecule has 0 aromatic carbocycles. The third-order valence-electron chi connectivity index (χ3n) is 4.36. The highest BCUT2D eigenvalue weighted by molar-refractivity contribution is 5.81. The third-order valence-corrected chi connectivity index (χ3v) is 4.36. The lowest BCUT2D eigenvalue weighted by Gasteiger charge is -2.41. The molecule has 0 aromatic rings. The van der Waals surface area contributed by atoms with Crippen LogP contribution in [0.25, 0.3) is 0 Å². The summed E-state index contributed by atoms with van der Waals surface area (Å²) in [6, 6.07) is -0.278. The normalized spacial score (nSPS) is 32.0. The van der Waals surface area contributed by atoms with Crippen molar-refractivity contribution in [2.45, 2.75) is 51.5 Å². The first-order valence-electron chi connectivity index (χ1n) is 6.76. The highest BCUT2D eigenvalue weighted by Crippen LogP contribution is 2.36. The topological polar surface area (TPSA) is 46.3 Å². The van der Waals surface area contributed by atoms with Crippen molar-refractivity contribution in [3.05, 3.63) is 0 Å². The average molecular weight is 224 g/mol. The number of nitrogens with two attached hydrogens (primary N) is 1. The maximum absolute atomic E-state index is 12.0. The lowest BCUT2D eigenvalue weighted by Crippen LogP contribution is -2.50. The molecule has 16 heavy (non-hydrogen) atoms. The summed E-state index contributed by atoms with van der Waals surface area (Å²) in [5, 5.41) is 0. The number of hydrogen-bond acceptors (Lipinski definition) is 2. The zero-order chi connectivity index (χ0) is 11.5. The molecule has 0 radical (unpaired) electrons. The number of carbonyl (C=O) groups excluding carboxylic acids is 1. The molecule has 1 aliphatic carbocycles. The van der Waals surface area contributed by atoms with Crippen LogP contribution in [-0.4, -0.2) is 29.9 Å². The third kappa shape index (κ3) is 2.40. The van der Waals surface area contributed by atoms with E-state index in [1.165, 1.54) is 32.1 Å². The molecule has 3 unspecified atom stereocenters. The van der Waals surface area contributed by atoms with Gasteiger partial charge in [-0.25, -0.2) is 0 Å². The Morgan fingerprint density at radius 1 is 1.31 bits per heavy atom. The van der Waals surface area contributed by atoms with E-state index in [9.17, 15) is 4.79 Å². The Morgan fingerprint density at radius 3 is 2.69 bits per heavy atom. The van der Waals surface area contributed by atoms with Gasteiger partial charge in [-0.2, -0.15) is 0 Å². The Hall–Kier alpha value is -0.570. The van der Waals surface area contributed by atoms with E-state index in [-0.39, 0.29) is 11.9 Å². The maximum Gasteiger partial charge on any atom is 0.239 e. The fourth-order valence-electron chi connectivity index (χ4n) is 3.21. The predicted molar refractivity (Wildman–Crippen MR) is 64.9 cm³/mol. The molecular weight excluding hydrogens is 200 g/mol. The van der Waals surface area contributed by atoms with Gasteiger partial charge < -0.3 is 10.6 Å². The number of likely N-dealkylation sites (tertiary alicyclic amines) is 1. The van der Waals surface area contributed by atoms with Gasteiger partial charge in [0.25, 0.3) is 0 Å². The zero-order valence-electron chi connectivity index (χ0n) is 10.3. The fourth-order valence-corrected chi connectivity index (χ4v) is 3.21. The van der Waals surface area contributed by atoms with Gasteiger partial charge in [0.05, 0.1) is 6.04 Å². The molecule has 2 rings (SSSR count). The molecule has 2 N–H and O–H groups in total. The van der Waals surface area contributed by atoms with E-state index < -0.39 is 0 Å². The molecular formula is C13H24N2O. The van der Waals surface area contributed by atoms with Crippen LogP contribution in [0.1, 0.15) is 45.4 Å². The Morgan fingerprint density at radius 2 is 2.00 bits per heavy atom. The van der Waals surface area contributed by atoms with Crippen molar-refractivity contribution in [2.24, 2.45) is 17.6 Å². The minimum absolute atomic E-state index is 0.173. The van der Waals surface area contributed by atoms with Crippen molar-refractivity contribution in [1.29, 1.82) is 0 Å². The van der Waals surface area contributed by atoms with Crippen molar-refractivity contribution < 1.29 is 4.79 Å². The van der Waals surface area contributed by atoms with Crippen LogP contribution in [0, 0.1) is 11.8 Å². The Balaban J connectivity index is 1.92. The highest BCUT2D eigenvalue weighted by Gasteiger charge is 2.33. The van der Waals surface area contributed by atoms with Crippen molar-refractivity contribution in [1.82, 2.24) is 4.90 Å². The Kier molecular flexibility index (Phi) is 3.85. The molecule has 92 valence electrons. The van der Waals surface area contributed by atoms with Gasteiger partial charge in [0.1, 0.15) is 0 Å². The number of nitrogens with zero attached hydrogens (tertiary/aromatic N) is 1. The number of hydrogen-bond donors (Lipinski definition) is 1. The van der Waals surface area contributed by atoms with Crippen LogP contribution in [0.15, 0.2) is 0 Å². The molecule has 0 bridgehead atoms. The number of carbonyl (C=O) groups is 1. The van der Waals surface area contributed by atoms with Gasteiger partial charge in [-0.1, -0.05) is 26.2 Å². The standard InChI is InChI=1S/C13H24N2O/c1-2-12(14)13(16)15-8-7-10-5-3-4-6-11(10)9-15/h10-12H,2-9,14H2,1H3. The minimum Gasteiger partial charge on any atom is -0.341 e. The molecule has 1 saturated carbocycles. The summed E-state index contributed by atoms with van der Waals surface area (Å²) in [6.07, 6.45) is 7.39. The molecule has 1 heterocycles. The first kappa shape index (κ1) is 11.9. The van der Waals surface area contributed by atoms with Crippen LogP contribution >= 0.6 is 0 Å². The van der Waals surface area contributed by atoms with Crippen LogP contribution in [0.4, 0.5) is 0 Å². The van der Waals surface area contributed by atoms with E-state index >= 15 is 0 Å². The molecule has 0 aromatic heterocycles. The second-order valence-electron chi connectivity index (χ2n) is 5.39. The van der Waals surface area contributed by atoms with Gasteiger partial charge in [0.15, 0.2) is 0 Å². The SMILES string of the molecule is CCC(N)C(=O)N1CCC2CCCCC2C1. The average Bonchev–Trinajstić information content (AvgIpc) is 2.36. The molecule has 1 saturated heterocycles. The van der Waals surface area contributed by atoms with E-state index in [1.807, 2.05) is 11.8 Å². The van der Waals surface area contributed by atoms with Crippen molar-refractivity contribution in [2.75, 3.05) is 13.1 Å². The summed E-state index contributed by atoms with van der Waals surface area (Å²) in [4.78, 5) is 14.0. The summed E-state index contributed by atoms with van der Waals surface area (Å²) in [5.41, 5.74) is 5.82. The van der Waals surface area contributed by atoms with Crippen molar-refractivity contribution in [3.8, 4) is 0 Å². The van der Waals surface area contributed by atoms with Crippen LogP contribution in [0.2, 0.25) is 0 Å². The molecule has 0 spiro atoms. The molecule has 1 aliphatic heterocycles. The minimum atomic E-state index is -0.278. The summed E-state index contributed by atoms with van der Waals surface area (Å²) in [5.74, 6) is 1.82. The van der Waals surface area contributed by atoms with E-state index in [2.05, 4.69) is 0 Å². The van der Waals surface area contributed by atoms with Gasteiger partial charge in [-0.15, -0.1) is 0 Å². The van der Waals surface area contributed by atoms with Gasteiger partial charge in [-0.05, 0) is 31.1 Å². The Bertz CT molecular complexity index is 254. The number of rotatable bonds is 2. The lowest BCUT2D eigenvalue weighted by atomic mass is 9.75. The highest BCUT2D eigenvalue weighted by atomic mass is 16.2. The first-order valence-corrected chi connectivity index (χ1v) is 6.76. The number of fused-ring (bicyclic) bond motifs is 1. The summed E-state index contributed by atoms with van der Waals surface area (Å²) in [6.45, 7) is 3.89. The lowest BCUT2D eigenvalue weighted by molar-refractivity contribution is -0.135. The van der Waals surface area contributed by atoms with Crippen molar-refractivity contribution >= 4 is 5.91 Å². The van der Waals surface area contributed by atoms with Gasteiger partial charge in [-0.3, -0.25) is 4.79 Å². The van der Waals surface area contributed by atoms with E-state index in [1.54, 1.807) is 0 Å². The number of piperidine rings is 1. The summed E-state index contributed by atoms with van der Waals surface area (Å²) >= 11 is 0. The first-order chi connectivity index (χ1) is 7.72. The maximum atomic E-state index is 12.0. The second kappa shape index (κ2) is 5.17. The van der Waals surface area contributed by atoms with Crippen LogP contribution < -0.4 is 5.73 Å². The van der Waals surface area contributed by atoms with E-state index in [0.717, 1.165) is 31.3 Å². The van der Waals surface area contributed by atoms with Gasteiger partial charge in [0.2, 0.25) is 5.91 Å². The largest absolute Gasteiger partial charge is 0.341 e. The number of amides is 1. The molecule has 3 heteroatoms. The second-order valence-corrected chi connectivity index (χ2v) is 5.39. The molecule has 2 aliphatic rings. The van der Waals surface area contributed by atoms with Gasteiger partial charge in [0, 0.05) is 13.1 Å². The quantitative estimate of drug-likeness (QED) is 0.777. The monoisotopic (exact) mass is 224 g/mol. The molecule has 1 amide bonds. The molecule has 3 atom stereocenters. The van der Waals surface area contributed by atoms with Crippen LogP contribution in [0.3, 0.4) is 0 Å². The Labute approximate surface area is 98.4 Å². The molecule has 3 nitrogen and oxygen atoms in total. The zero-order valence-corrected chi connectivity index (χ0v) is 10.3. The predicted octanol–water partition coefficient (Wildman–Crippen LogP) is 1.76. The van der Waals surface area contributed by atoms with Gasteiger partial charge >= 0.3 is 0 Å². The van der Waals surface area contributed by atoms with E-state index in [4.69, 9.17) is 5.73 Å². The fraction of sp³-hybridized carbons (Fsp3) is 0.923.